The number of hydrogen-bond acceptors (Lipinski definition) is 5. The molecule has 3 aromatic rings. The van der Waals surface area contributed by atoms with E-state index in [9.17, 15) is 9.18 Å². The van der Waals surface area contributed by atoms with Crippen molar-refractivity contribution in [3.8, 4) is 0 Å². The SMILES string of the molecule is Cc1ccnc(C(=O)Cc2ccc(F)c(N(C)c3cncnc3)c2)c1. The van der Waals surface area contributed by atoms with Crippen LogP contribution in [0.15, 0.2) is 55.2 Å². The molecule has 0 spiro atoms. The highest BCUT2D eigenvalue weighted by Gasteiger charge is 2.14. The molecule has 0 aliphatic carbocycles. The number of pyridine rings is 1. The van der Waals surface area contributed by atoms with Crippen LogP contribution in [0.5, 0.6) is 0 Å². The smallest absolute Gasteiger partial charge is 0.185 e. The molecular weight excluding hydrogens is 319 g/mol. The van der Waals surface area contributed by atoms with Crippen LogP contribution >= 0.6 is 0 Å². The highest BCUT2D eigenvalue weighted by molar-refractivity contribution is 5.96. The molecule has 0 saturated heterocycles. The minimum absolute atomic E-state index is 0.105. The number of carbonyl (C=O) groups excluding carboxylic acids is 1. The summed E-state index contributed by atoms with van der Waals surface area (Å²) in [6.45, 7) is 1.91. The van der Waals surface area contributed by atoms with Crippen molar-refractivity contribution in [2.75, 3.05) is 11.9 Å². The van der Waals surface area contributed by atoms with E-state index in [2.05, 4.69) is 15.0 Å². The lowest BCUT2D eigenvalue weighted by Crippen LogP contribution is -2.13. The number of nitrogens with zero attached hydrogens (tertiary/aromatic N) is 4. The minimum atomic E-state index is -0.378. The normalized spacial score (nSPS) is 10.5. The number of ketones is 1. The summed E-state index contributed by atoms with van der Waals surface area (Å²) in [6, 6.07) is 8.23. The van der Waals surface area contributed by atoms with Crippen molar-refractivity contribution in [3.63, 3.8) is 0 Å². The zero-order valence-electron chi connectivity index (χ0n) is 14.0. The molecule has 25 heavy (non-hydrogen) atoms. The first-order chi connectivity index (χ1) is 12.0. The van der Waals surface area contributed by atoms with Crippen molar-refractivity contribution in [3.05, 3.63) is 77.9 Å². The molecule has 126 valence electrons. The van der Waals surface area contributed by atoms with E-state index in [1.165, 1.54) is 12.4 Å². The summed E-state index contributed by atoms with van der Waals surface area (Å²) in [5.41, 5.74) is 3.12. The van der Waals surface area contributed by atoms with Crippen LogP contribution in [0.3, 0.4) is 0 Å². The topological polar surface area (TPSA) is 59.0 Å². The second-order valence-corrected chi connectivity index (χ2v) is 5.76. The van der Waals surface area contributed by atoms with Gasteiger partial charge in [0.15, 0.2) is 5.78 Å². The highest BCUT2D eigenvalue weighted by Crippen LogP contribution is 2.26. The molecule has 0 amide bonds. The number of Topliss-reactive ketones (excluding diaryl/α,β-unsaturated/α-hetero) is 1. The average Bonchev–Trinajstić information content (AvgIpc) is 2.63. The van der Waals surface area contributed by atoms with Gasteiger partial charge in [-0.2, -0.15) is 0 Å². The summed E-state index contributed by atoms with van der Waals surface area (Å²) in [5.74, 6) is -0.483. The van der Waals surface area contributed by atoms with Crippen molar-refractivity contribution >= 4 is 17.2 Å². The number of anilines is 2. The number of rotatable bonds is 5. The molecule has 0 N–H and O–H groups in total. The standard InChI is InChI=1S/C19H17FN4O/c1-13-5-6-23-17(7-13)19(25)9-14-3-4-16(20)18(8-14)24(2)15-10-21-12-22-11-15/h3-8,10-12H,9H2,1-2H3. The molecule has 0 aliphatic rings. The highest BCUT2D eigenvalue weighted by atomic mass is 19.1. The van der Waals surface area contributed by atoms with E-state index in [-0.39, 0.29) is 18.0 Å². The van der Waals surface area contributed by atoms with Gasteiger partial charge in [-0.1, -0.05) is 6.07 Å². The van der Waals surface area contributed by atoms with Crippen LogP contribution in [0.25, 0.3) is 0 Å². The van der Waals surface area contributed by atoms with E-state index in [1.54, 1.807) is 48.7 Å². The van der Waals surface area contributed by atoms with Gasteiger partial charge >= 0.3 is 0 Å². The van der Waals surface area contributed by atoms with Crippen molar-refractivity contribution in [2.24, 2.45) is 0 Å². The van der Waals surface area contributed by atoms with Gasteiger partial charge in [0.05, 0.1) is 23.8 Å². The lowest BCUT2D eigenvalue weighted by atomic mass is 10.0. The molecular formula is C19H17FN4O. The lowest BCUT2D eigenvalue weighted by molar-refractivity contribution is 0.0988. The van der Waals surface area contributed by atoms with Gasteiger partial charge in [0.1, 0.15) is 17.8 Å². The molecule has 3 rings (SSSR count). The predicted octanol–water partition coefficient (Wildman–Crippen LogP) is 3.51. The van der Waals surface area contributed by atoms with Crippen molar-refractivity contribution in [1.29, 1.82) is 0 Å². The first-order valence-electron chi connectivity index (χ1n) is 7.77. The van der Waals surface area contributed by atoms with Gasteiger partial charge in [-0.25, -0.2) is 14.4 Å². The van der Waals surface area contributed by atoms with Crippen LogP contribution in [0.2, 0.25) is 0 Å². The van der Waals surface area contributed by atoms with Gasteiger partial charge in [-0.05, 0) is 42.3 Å². The molecule has 5 nitrogen and oxygen atoms in total. The predicted molar refractivity (Wildman–Crippen MR) is 93.5 cm³/mol. The van der Waals surface area contributed by atoms with Gasteiger partial charge in [-0.3, -0.25) is 9.78 Å². The number of carbonyl (C=O) groups is 1. The van der Waals surface area contributed by atoms with Gasteiger partial charge < -0.3 is 4.90 Å². The van der Waals surface area contributed by atoms with E-state index < -0.39 is 0 Å². The summed E-state index contributed by atoms with van der Waals surface area (Å²) in [4.78, 5) is 26.1. The monoisotopic (exact) mass is 336 g/mol. The molecule has 2 aromatic heterocycles. The van der Waals surface area contributed by atoms with Gasteiger partial charge in [0, 0.05) is 19.7 Å². The Bertz CT molecular complexity index is 899. The van der Waals surface area contributed by atoms with Crippen LogP contribution in [-0.4, -0.2) is 27.8 Å². The molecule has 0 bridgehead atoms. The Balaban J connectivity index is 1.85. The molecule has 0 aliphatic heterocycles. The summed E-state index contributed by atoms with van der Waals surface area (Å²) in [5, 5.41) is 0. The van der Waals surface area contributed by atoms with Crippen LogP contribution in [-0.2, 0) is 6.42 Å². The van der Waals surface area contributed by atoms with Gasteiger partial charge in [0.2, 0.25) is 0 Å². The molecule has 6 heteroatoms. The third-order valence-corrected chi connectivity index (χ3v) is 3.87. The van der Waals surface area contributed by atoms with E-state index in [0.29, 0.717) is 22.6 Å². The number of aryl methyl sites for hydroxylation is 1. The van der Waals surface area contributed by atoms with Gasteiger partial charge in [0.25, 0.3) is 0 Å². The first kappa shape index (κ1) is 16.7. The van der Waals surface area contributed by atoms with E-state index >= 15 is 0 Å². The Hall–Kier alpha value is -3.15. The fourth-order valence-electron chi connectivity index (χ4n) is 2.49. The molecule has 0 fully saturated rings. The molecule has 0 atom stereocenters. The molecule has 0 unspecified atom stereocenters. The van der Waals surface area contributed by atoms with E-state index in [0.717, 1.165) is 5.56 Å². The van der Waals surface area contributed by atoms with E-state index in [1.807, 2.05) is 13.0 Å². The number of benzene rings is 1. The molecule has 2 heterocycles. The Morgan fingerprint density at radius 1 is 1.16 bits per heavy atom. The van der Waals surface area contributed by atoms with Crippen LogP contribution < -0.4 is 4.90 Å². The zero-order chi connectivity index (χ0) is 17.8. The maximum atomic E-state index is 14.2. The lowest BCUT2D eigenvalue weighted by Gasteiger charge is -2.20. The number of hydrogen-bond donors (Lipinski definition) is 0. The minimum Gasteiger partial charge on any atom is -0.340 e. The Morgan fingerprint density at radius 3 is 2.64 bits per heavy atom. The second kappa shape index (κ2) is 7.17. The summed E-state index contributed by atoms with van der Waals surface area (Å²) in [7, 11) is 1.73. The van der Waals surface area contributed by atoms with Crippen molar-refractivity contribution in [2.45, 2.75) is 13.3 Å². The summed E-state index contributed by atoms with van der Waals surface area (Å²) >= 11 is 0. The Kier molecular flexibility index (Phi) is 4.79. The number of halogens is 1. The van der Waals surface area contributed by atoms with Crippen molar-refractivity contribution in [1.82, 2.24) is 15.0 Å². The third-order valence-electron chi connectivity index (χ3n) is 3.87. The maximum Gasteiger partial charge on any atom is 0.185 e. The molecule has 0 radical (unpaired) electrons. The fraction of sp³-hybridized carbons (Fsp3) is 0.158. The van der Waals surface area contributed by atoms with Gasteiger partial charge in [-0.15, -0.1) is 0 Å². The number of aromatic nitrogens is 3. The summed E-state index contributed by atoms with van der Waals surface area (Å²) in [6.07, 6.45) is 6.38. The van der Waals surface area contributed by atoms with E-state index in [4.69, 9.17) is 0 Å². The van der Waals surface area contributed by atoms with Crippen LogP contribution in [0, 0.1) is 12.7 Å². The fourth-order valence-corrected chi connectivity index (χ4v) is 2.49. The second-order valence-electron chi connectivity index (χ2n) is 5.76. The first-order valence-corrected chi connectivity index (χ1v) is 7.77. The zero-order valence-corrected chi connectivity index (χ0v) is 14.0. The molecule has 0 saturated carbocycles. The van der Waals surface area contributed by atoms with Crippen LogP contribution in [0.1, 0.15) is 21.6 Å². The third kappa shape index (κ3) is 3.85. The maximum absolute atomic E-state index is 14.2. The van der Waals surface area contributed by atoms with Crippen LogP contribution in [0.4, 0.5) is 15.8 Å². The molecule has 1 aromatic carbocycles. The Morgan fingerprint density at radius 2 is 1.92 bits per heavy atom. The largest absolute Gasteiger partial charge is 0.340 e. The van der Waals surface area contributed by atoms with Crippen molar-refractivity contribution < 1.29 is 9.18 Å². The Labute approximate surface area is 145 Å². The average molecular weight is 336 g/mol. The summed E-state index contributed by atoms with van der Waals surface area (Å²) < 4.78 is 14.2. The quantitative estimate of drug-likeness (QED) is 0.667.